The Morgan fingerprint density at radius 1 is 1.22 bits per heavy atom. The second-order valence-corrected chi connectivity index (χ2v) is 8.01. The summed E-state index contributed by atoms with van der Waals surface area (Å²) in [6.07, 6.45) is 7.08. The molecule has 124 valence electrons. The molecule has 1 saturated carbocycles. The van der Waals surface area contributed by atoms with E-state index in [1.807, 2.05) is 0 Å². The lowest BCUT2D eigenvalue weighted by atomic mass is 10.1. The summed E-state index contributed by atoms with van der Waals surface area (Å²) in [5.74, 6) is 0.120. The molecule has 4 nitrogen and oxygen atoms in total. The average molecular weight is 331 g/mol. The largest absolute Gasteiger partial charge is 0.348 e. The molecule has 1 amide bonds. The van der Waals surface area contributed by atoms with Crippen LogP contribution < -0.4 is 5.32 Å². The van der Waals surface area contributed by atoms with Crippen molar-refractivity contribution in [2.45, 2.75) is 50.6 Å². The van der Waals surface area contributed by atoms with E-state index in [0.29, 0.717) is 12.1 Å². The lowest BCUT2D eigenvalue weighted by Gasteiger charge is -2.29. The number of amides is 1. The maximum atomic E-state index is 12.9. The van der Waals surface area contributed by atoms with Gasteiger partial charge in [0, 0.05) is 12.1 Å². The lowest BCUT2D eigenvalue weighted by molar-refractivity contribution is 0.0906. The highest BCUT2D eigenvalue weighted by Crippen LogP contribution is 2.36. The Kier molecular flexibility index (Phi) is 4.16. The van der Waals surface area contributed by atoms with E-state index in [-0.39, 0.29) is 5.91 Å². The fourth-order valence-electron chi connectivity index (χ4n) is 4.09. The number of rotatable bonds is 3. The monoisotopic (exact) mass is 331 g/mol. The Balaban J connectivity index is 1.58. The number of fused-ring (bicyclic) bond motifs is 1. The number of likely N-dealkylation sites (tertiary alicyclic amines) is 1. The smallest absolute Gasteiger partial charge is 0.268 e. The third kappa shape index (κ3) is 2.92. The van der Waals surface area contributed by atoms with Gasteiger partial charge in [-0.25, -0.2) is 0 Å². The first kappa shape index (κ1) is 15.2. The summed E-state index contributed by atoms with van der Waals surface area (Å²) < 4.78 is 3.56. The maximum Gasteiger partial charge on any atom is 0.268 e. The summed E-state index contributed by atoms with van der Waals surface area (Å²) in [6.45, 7) is 2.15. The number of carbonyl (C=O) groups excluding carboxylic acids is 1. The van der Waals surface area contributed by atoms with Crippen molar-refractivity contribution in [1.82, 2.24) is 14.8 Å². The average Bonchev–Trinajstić information content (AvgIpc) is 3.24. The zero-order valence-electron chi connectivity index (χ0n) is 13.8. The van der Waals surface area contributed by atoms with Gasteiger partial charge in [-0.05, 0) is 63.3 Å². The van der Waals surface area contributed by atoms with Crippen molar-refractivity contribution in [1.29, 1.82) is 0 Å². The van der Waals surface area contributed by atoms with Crippen LogP contribution in [0.25, 0.3) is 10.2 Å². The molecule has 0 radical (unpaired) electrons. The molecule has 3 heterocycles. The summed E-state index contributed by atoms with van der Waals surface area (Å²) in [5, 5.41) is 5.42. The minimum Gasteiger partial charge on any atom is -0.348 e. The number of nitrogens with zero attached hydrogens (tertiary/aromatic N) is 2. The fourth-order valence-corrected chi connectivity index (χ4v) is 4.90. The summed E-state index contributed by atoms with van der Waals surface area (Å²) in [4.78, 5) is 15.2. The molecule has 2 aromatic rings. The van der Waals surface area contributed by atoms with Gasteiger partial charge < -0.3 is 14.8 Å². The van der Waals surface area contributed by atoms with Crippen LogP contribution >= 0.6 is 11.3 Å². The van der Waals surface area contributed by atoms with Crippen LogP contribution in [-0.4, -0.2) is 41.6 Å². The van der Waals surface area contributed by atoms with E-state index in [9.17, 15) is 4.79 Å². The van der Waals surface area contributed by atoms with E-state index >= 15 is 0 Å². The Morgan fingerprint density at radius 3 is 2.70 bits per heavy atom. The SMILES string of the molecule is CN1CCC(NC(=O)c2cc3sccc3n2C2CCCC2)CC1. The van der Waals surface area contributed by atoms with Crippen LogP contribution in [-0.2, 0) is 0 Å². The van der Waals surface area contributed by atoms with Crippen molar-refractivity contribution in [2.24, 2.45) is 0 Å². The van der Waals surface area contributed by atoms with E-state index in [2.05, 4.69) is 39.3 Å². The van der Waals surface area contributed by atoms with Crippen LogP contribution in [0.1, 0.15) is 55.1 Å². The molecule has 0 unspecified atom stereocenters. The molecule has 0 atom stereocenters. The number of thiophene rings is 1. The molecule has 2 aliphatic rings. The van der Waals surface area contributed by atoms with Gasteiger partial charge in [0.05, 0.1) is 10.2 Å². The van der Waals surface area contributed by atoms with Gasteiger partial charge in [-0.15, -0.1) is 11.3 Å². The van der Waals surface area contributed by atoms with Crippen molar-refractivity contribution in [3.05, 3.63) is 23.2 Å². The van der Waals surface area contributed by atoms with Crippen molar-refractivity contribution < 1.29 is 4.79 Å². The Hall–Kier alpha value is -1.33. The molecular weight excluding hydrogens is 306 g/mol. The first-order valence-corrected chi connectivity index (χ1v) is 9.68. The predicted molar refractivity (Wildman–Crippen MR) is 95.3 cm³/mol. The molecule has 1 N–H and O–H groups in total. The highest BCUT2D eigenvalue weighted by molar-refractivity contribution is 7.17. The van der Waals surface area contributed by atoms with Crippen LogP contribution in [0, 0.1) is 0 Å². The second-order valence-electron chi connectivity index (χ2n) is 7.06. The summed E-state index contributed by atoms with van der Waals surface area (Å²) in [5.41, 5.74) is 2.12. The highest BCUT2D eigenvalue weighted by atomic mass is 32.1. The van der Waals surface area contributed by atoms with Crippen LogP contribution in [0.3, 0.4) is 0 Å². The third-order valence-electron chi connectivity index (χ3n) is 5.44. The fraction of sp³-hybridized carbons (Fsp3) is 0.611. The number of nitrogens with one attached hydrogen (secondary N) is 1. The number of carbonyl (C=O) groups is 1. The van der Waals surface area contributed by atoms with Gasteiger partial charge in [0.15, 0.2) is 0 Å². The van der Waals surface area contributed by atoms with Crippen LogP contribution in [0.2, 0.25) is 0 Å². The van der Waals surface area contributed by atoms with E-state index < -0.39 is 0 Å². The van der Waals surface area contributed by atoms with Gasteiger partial charge in [-0.2, -0.15) is 0 Å². The van der Waals surface area contributed by atoms with Crippen LogP contribution in [0.4, 0.5) is 0 Å². The molecular formula is C18H25N3OS. The standard InChI is InChI=1S/C18H25N3OS/c1-20-9-6-13(7-10-20)19-18(22)16-12-17-15(8-11-23-17)21(16)14-4-2-3-5-14/h8,11-14H,2-7,9-10H2,1H3,(H,19,22). The molecule has 0 spiro atoms. The molecule has 0 bridgehead atoms. The molecule has 4 rings (SSSR count). The predicted octanol–water partition coefficient (Wildman–Crippen LogP) is 3.64. The topological polar surface area (TPSA) is 37.3 Å². The first-order valence-electron chi connectivity index (χ1n) is 8.80. The van der Waals surface area contributed by atoms with E-state index in [1.54, 1.807) is 11.3 Å². The van der Waals surface area contributed by atoms with Gasteiger partial charge in [0.1, 0.15) is 5.69 Å². The molecule has 1 aliphatic carbocycles. The Labute approximate surface area is 141 Å². The third-order valence-corrected chi connectivity index (χ3v) is 6.29. The Morgan fingerprint density at radius 2 is 1.96 bits per heavy atom. The molecule has 2 aromatic heterocycles. The van der Waals surface area contributed by atoms with Crippen LogP contribution in [0.15, 0.2) is 17.5 Å². The quantitative estimate of drug-likeness (QED) is 0.932. The van der Waals surface area contributed by atoms with Gasteiger partial charge in [-0.3, -0.25) is 4.79 Å². The normalized spacial score (nSPS) is 21.3. The second kappa shape index (κ2) is 6.29. The summed E-state index contributed by atoms with van der Waals surface area (Å²) in [7, 11) is 2.15. The number of piperidine rings is 1. The summed E-state index contributed by atoms with van der Waals surface area (Å²) in [6, 6.07) is 5.09. The molecule has 5 heteroatoms. The van der Waals surface area contributed by atoms with Gasteiger partial charge in [-0.1, -0.05) is 12.8 Å². The molecule has 23 heavy (non-hydrogen) atoms. The zero-order chi connectivity index (χ0) is 15.8. The lowest BCUT2D eigenvalue weighted by Crippen LogP contribution is -2.43. The molecule has 1 saturated heterocycles. The van der Waals surface area contributed by atoms with E-state index in [4.69, 9.17) is 0 Å². The van der Waals surface area contributed by atoms with Gasteiger partial charge >= 0.3 is 0 Å². The van der Waals surface area contributed by atoms with Gasteiger partial charge in [0.25, 0.3) is 5.91 Å². The first-order chi connectivity index (χ1) is 11.2. The van der Waals surface area contributed by atoms with E-state index in [1.165, 1.54) is 35.9 Å². The zero-order valence-corrected chi connectivity index (χ0v) is 14.6. The summed E-state index contributed by atoms with van der Waals surface area (Å²) >= 11 is 1.74. The minimum atomic E-state index is 0.120. The van der Waals surface area contributed by atoms with Crippen molar-refractivity contribution in [3.63, 3.8) is 0 Å². The minimum absolute atomic E-state index is 0.120. The number of aromatic nitrogens is 1. The number of hydrogen-bond acceptors (Lipinski definition) is 3. The van der Waals surface area contributed by atoms with Crippen molar-refractivity contribution in [3.8, 4) is 0 Å². The molecule has 2 fully saturated rings. The molecule has 1 aliphatic heterocycles. The molecule has 0 aromatic carbocycles. The van der Waals surface area contributed by atoms with Crippen molar-refractivity contribution in [2.75, 3.05) is 20.1 Å². The maximum absolute atomic E-state index is 12.9. The Bertz CT molecular complexity index is 690. The van der Waals surface area contributed by atoms with Crippen LogP contribution in [0.5, 0.6) is 0 Å². The van der Waals surface area contributed by atoms with Gasteiger partial charge in [0.2, 0.25) is 0 Å². The van der Waals surface area contributed by atoms with Crippen molar-refractivity contribution >= 4 is 27.5 Å². The number of hydrogen-bond donors (Lipinski definition) is 1. The highest BCUT2D eigenvalue weighted by Gasteiger charge is 2.26. The van der Waals surface area contributed by atoms with E-state index in [0.717, 1.165) is 31.6 Å².